The molecule has 100 valence electrons. The van der Waals surface area contributed by atoms with Gasteiger partial charge in [-0.2, -0.15) is 0 Å². The van der Waals surface area contributed by atoms with Crippen LogP contribution in [0.4, 0.5) is 5.82 Å². The molecule has 0 aliphatic carbocycles. The molecular formula is C14H23N3O. The second kappa shape index (κ2) is 5.67. The molecule has 1 aromatic rings. The summed E-state index contributed by atoms with van der Waals surface area (Å²) in [5.74, 6) is 1.09. The first-order chi connectivity index (χ1) is 8.63. The number of pyridine rings is 1. The van der Waals surface area contributed by atoms with Crippen LogP contribution >= 0.6 is 0 Å². The van der Waals surface area contributed by atoms with Gasteiger partial charge >= 0.3 is 0 Å². The zero-order valence-corrected chi connectivity index (χ0v) is 11.8. The Bertz CT molecular complexity index is 414. The van der Waals surface area contributed by atoms with Crippen molar-refractivity contribution >= 4 is 5.82 Å². The molecule has 1 atom stereocenters. The minimum absolute atomic E-state index is 0.453. The number of hydrogen-bond acceptors (Lipinski definition) is 4. The van der Waals surface area contributed by atoms with E-state index in [4.69, 9.17) is 9.72 Å². The molecule has 0 amide bonds. The number of likely N-dealkylation sites (N-methyl/N-ethyl adjacent to an activating group) is 1. The normalized spacial score (nSPS) is 19.2. The topological polar surface area (TPSA) is 37.4 Å². The average molecular weight is 249 g/mol. The highest BCUT2D eigenvalue weighted by atomic mass is 16.5. The molecular weight excluding hydrogens is 226 g/mol. The maximum absolute atomic E-state index is 5.47. The number of nitrogens with one attached hydrogen (secondary N) is 1. The van der Waals surface area contributed by atoms with Crippen molar-refractivity contribution in [3.8, 4) is 0 Å². The Kier molecular flexibility index (Phi) is 4.19. The highest BCUT2D eigenvalue weighted by Crippen LogP contribution is 2.25. The van der Waals surface area contributed by atoms with Crippen molar-refractivity contribution in [3.63, 3.8) is 0 Å². The highest BCUT2D eigenvalue weighted by molar-refractivity contribution is 5.52. The predicted octanol–water partition coefficient (Wildman–Crippen LogP) is 1.64. The van der Waals surface area contributed by atoms with Crippen LogP contribution in [0, 0.1) is 13.8 Å². The standard InChI is InChI=1S/C14H23N3O/c1-10-7-11(2)16-14(13(10)8-15-3)17(4)12-5-6-18-9-12/h7,12,15H,5-6,8-9H2,1-4H3. The van der Waals surface area contributed by atoms with Gasteiger partial charge in [0.1, 0.15) is 5.82 Å². The lowest BCUT2D eigenvalue weighted by Crippen LogP contribution is -2.34. The summed E-state index contributed by atoms with van der Waals surface area (Å²) in [6, 6.07) is 2.60. The lowest BCUT2D eigenvalue weighted by Gasteiger charge is -2.27. The molecule has 4 heteroatoms. The third-order valence-electron chi connectivity index (χ3n) is 3.59. The van der Waals surface area contributed by atoms with Gasteiger partial charge in [-0.05, 0) is 38.9 Å². The van der Waals surface area contributed by atoms with Crippen LogP contribution in [0.1, 0.15) is 23.2 Å². The Morgan fingerprint density at radius 3 is 2.89 bits per heavy atom. The van der Waals surface area contributed by atoms with E-state index in [1.807, 2.05) is 7.05 Å². The van der Waals surface area contributed by atoms with Crippen molar-refractivity contribution in [2.24, 2.45) is 0 Å². The largest absolute Gasteiger partial charge is 0.379 e. The monoisotopic (exact) mass is 249 g/mol. The maximum atomic E-state index is 5.47. The van der Waals surface area contributed by atoms with Crippen LogP contribution in [0.15, 0.2) is 6.07 Å². The van der Waals surface area contributed by atoms with Crippen LogP contribution < -0.4 is 10.2 Å². The Labute approximate surface area is 109 Å². The van der Waals surface area contributed by atoms with E-state index in [2.05, 4.69) is 37.2 Å². The van der Waals surface area contributed by atoms with Crippen molar-refractivity contribution in [3.05, 3.63) is 22.9 Å². The first-order valence-corrected chi connectivity index (χ1v) is 6.55. The van der Waals surface area contributed by atoms with Gasteiger partial charge in [-0.15, -0.1) is 0 Å². The minimum Gasteiger partial charge on any atom is -0.379 e. The van der Waals surface area contributed by atoms with Crippen LogP contribution in [0.2, 0.25) is 0 Å². The number of hydrogen-bond donors (Lipinski definition) is 1. The van der Waals surface area contributed by atoms with Gasteiger partial charge in [-0.3, -0.25) is 0 Å². The summed E-state index contributed by atoms with van der Waals surface area (Å²) in [7, 11) is 4.10. The molecule has 0 saturated carbocycles. The third-order valence-corrected chi connectivity index (χ3v) is 3.59. The van der Waals surface area contributed by atoms with Crippen molar-refractivity contribution < 1.29 is 4.74 Å². The molecule has 0 aromatic carbocycles. The van der Waals surface area contributed by atoms with Crippen molar-refractivity contribution in [1.82, 2.24) is 10.3 Å². The first-order valence-electron chi connectivity index (χ1n) is 6.55. The fraction of sp³-hybridized carbons (Fsp3) is 0.643. The Morgan fingerprint density at radius 1 is 1.50 bits per heavy atom. The summed E-state index contributed by atoms with van der Waals surface area (Å²) in [6.07, 6.45) is 1.09. The van der Waals surface area contributed by atoms with Gasteiger partial charge in [0.05, 0.1) is 12.6 Å². The zero-order chi connectivity index (χ0) is 13.1. The van der Waals surface area contributed by atoms with Crippen LogP contribution in [-0.4, -0.2) is 38.3 Å². The highest BCUT2D eigenvalue weighted by Gasteiger charge is 2.23. The van der Waals surface area contributed by atoms with E-state index in [0.29, 0.717) is 6.04 Å². The van der Waals surface area contributed by atoms with Gasteiger partial charge in [0, 0.05) is 31.5 Å². The van der Waals surface area contributed by atoms with Crippen LogP contribution in [0.3, 0.4) is 0 Å². The van der Waals surface area contributed by atoms with E-state index in [0.717, 1.165) is 37.7 Å². The first kappa shape index (κ1) is 13.3. The summed E-state index contributed by atoms with van der Waals surface area (Å²) >= 11 is 0. The molecule has 1 aliphatic heterocycles. The van der Waals surface area contributed by atoms with Crippen LogP contribution in [0.5, 0.6) is 0 Å². The number of aromatic nitrogens is 1. The molecule has 2 rings (SSSR count). The molecule has 18 heavy (non-hydrogen) atoms. The van der Waals surface area contributed by atoms with Gasteiger partial charge in [0.25, 0.3) is 0 Å². The second-order valence-corrected chi connectivity index (χ2v) is 5.04. The maximum Gasteiger partial charge on any atom is 0.133 e. The molecule has 4 nitrogen and oxygen atoms in total. The van der Waals surface area contributed by atoms with Gasteiger partial charge in [0.2, 0.25) is 0 Å². The van der Waals surface area contributed by atoms with Crippen LogP contribution in [0.25, 0.3) is 0 Å². The molecule has 0 radical (unpaired) electrons. The van der Waals surface area contributed by atoms with Gasteiger partial charge < -0.3 is 15.0 Å². The molecule has 0 bridgehead atoms. The predicted molar refractivity (Wildman–Crippen MR) is 74.1 cm³/mol. The lowest BCUT2D eigenvalue weighted by molar-refractivity contribution is 0.193. The van der Waals surface area contributed by atoms with Crippen molar-refractivity contribution in [1.29, 1.82) is 0 Å². The SMILES string of the molecule is CNCc1c(C)cc(C)nc1N(C)C1CCOC1. The Morgan fingerprint density at radius 2 is 2.28 bits per heavy atom. The zero-order valence-electron chi connectivity index (χ0n) is 11.8. The van der Waals surface area contributed by atoms with E-state index >= 15 is 0 Å². The Balaban J connectivity index is 2.34. The summed E-state index contributed by atoms with van der Waals surface area (Å²) in [6.45, 7) is 6.74. The van der Waals surface area contributed by atoms with Crippen molar-refractivity contribution in [2.75, 3.05) is 32.2 Å². The minimum atomic E-state index is 0.453. The number of anilines is 1. The Hall–Kier alpha value is -1.13. The number of aryl methyl sites for hydroxylation is 2. The van der Waals surface area contributed by atoms with Crippen LogP contribution in [-0.2, 0) is 11.3 Å². The van der Waals surface area contributed by atoms with Gasteiger partial charge in [0.15, 0.2) is 0 Å². The molecule has 1 N–H and O–H groups in total. The van der Waals surface area contributed by atoms with Crippen molar-refractivity contribution in [2.45, 2.75) is 32.9 Å². The van der Waals surface area contributed by atoms with E-state index in [1.165, 1.54) is 11.1 Å². The number of rotatable bonds is 4. The fourth-order valence-corrected chi connectivity index (χ4v) is 2.53. The molecule has 1 fully saturated rings. The molecule has 1 saturated heterocycles. The summed E-state index contributed by atoms with van der Waals surface area (Å²) in [5.41, 5.74) is 3.67. The number of ether oxygens (including phenoxy) is 1. The quantitative estimate of drug-likeness (QED) is 0.880. The lowest BCUT2D eigenvalue weighted by atomic mass is 10.1. The fourth-order valence-electron chi connectivity index (χ4n) is 2.53. The summed E-state index contributed by atoms with van der Waals surface area (Å²) in [4.78, 5) is 7.00. The van der Waals surface area contributed by atoms with E-state index in [-0.39, 0.29) is 0 Å². The van der Waals surface area contributed by atoms with Gasteiger partial charge in [-0.25, -0.2) is 4.98 Å². The molecule has 1 aromatic heterocycles. The summed E-state index contributed by atoms with van der Waals surface area (Å²) in [5, 5.41) is 3.23. The third kappa shape index (κ3) is 2.65. The average Bonchev–Trinajstić information content (AvgIpc) is 2.85. The smallest absolute Gasteiger partial charge is 0.133 e. The van der Waals surface area contributed by atoms with E-state index < -0.39 is 0 Å². The van der Waals surface area contributed by atoms with E-state index in [9.17, 15) is 0 Å². The van der Waals surface area contributed by atoms with E-state index in [1.54, 1.807) is 0 Å². The molecule has 1 unspecified atom stereocenters. The summed E-state index contributed by atoms with van der Waals surface area (Å²) < 4.78 is 5.47. The second-order valence-electron chi connectivity index (χ2n) is 5.04. The molecule has 2 heterocycles. The van der Waals surface area contributed by atoms with Gasteiger partial charge in [-0.1, -0.05) is 0 Å². The number of nitrogens with zero attached hydrogens (tertiary/aromatic N) is 2. The molecule has 1 aliphatic rings. The molecule has 0 spiro atoms.